The number of aryl methyl sites for hydroxylation is 1. The van der Waals surface area contributed by atoms with E-state index in [1.54, 1.807) is 16.8 Å². The Morgan fingerprint density at radius 3 is 2.75 bits per heavy atom. The van der Waals surface area contributed by atoms with E-state index in [0.717, 1.165) is 11.9 Å². The normalized spacial score (nSPS) is 11.4. The summed E-state index contributed by atoms with van der Waals surface area (Å²) in [6.07, 6.45) is 4.60. The molecular formula is C19H22ClN3O. The SMILES string of the molecule is CC(C)N(CCc1c[nH]c2ccccc12)C(=O)c1cc(Cl)cn1C. The van der Waals surface area contributed by atoms with Gasteiger partial charge in [-0.25, -0.2) is 0 Å². The van der Waals surface area contributed by atoms with Crippen molar-refractivity contribution in [1.29, 1.82) is 0 Å². The molecule has 0 unspecified atom stereocenters. The van der Waals surface area contributed by atoms with Crippen molar-refractivity contribution < 1.29 is 4.79 Å². The second-order valence-electron chi connectivity index (χ2n) is 6.36. The molecule has 4 nitrogen and oxygen atoms in total. The van der Waals surface area contributed by atoms with Crippen molar-refractivity contribution in [3.05, 3.63) is 59.0 Å². The fraction of sp³-hybridized carbons (Fsp3) is 0.316. The lowest BCUT2D eigenvalue weighted by Crippen LogP contribution is -2.39. The van der Waals surface area contributed by atoms with E-state index in [1.807, 2.05) is 44.1 Å². The van der Waals surface area contributed by atoms with Gasteiger partial charge in [0.15, 0.2) is 0 Å². The van der Waals surface area contributed by atoms with Crippen LogP contribution in [0.3, 0.4) is 0 Å². The van der Waals surface area contributed by atoms with Gasteiger partial charge in [-0.2, -0.15) is 0 Å². The summed E-state index contributed by atoms with van der Waals surface area (Å²) < 4.78 is 1.78. The number of rotatable bonds is 5. The molecule has 3 aromatic rings. The summed E-state index contributed by atoms with van der Waals surface area (Å²) in [6, 6.07) is 10.1. The first-order valence-corrected chi connectivity index (χ1v) is 8.53. The highest BCUT2D eigenvalue weighted by Gasteiger charge is 2.21. The second kappa shape index (κ2) is 6.73. The second-order valence-corrected chi connectivity index (χ2v) is 6.79. The first-order chi connectivity index (χ1) is 11.5. The number of hydrogen-bond acceptors (Lipinski definition) is 1. The third kappa shape index (κ3) is 3.20. The maximum absolute atomic E-state index is 12.9. The Labute approximate surface area is 147 Å². The molecule has 0 fully saturated rings. The molecule has 0 saturated heterocycles. The van der Waals surface area contributed by atoms with Crippen molar-refractivity contribution in [3.63, 3.8) is 0 Å². The molecule has 0 aliphatic rings. The van der Waals surface area contributed by atoms with Crippen LogP contribution in [0.4, 0.5) is 0 Å². The highest BCUT2D eigenvalue weighted by molar-refractivity contribution is 6.31. The van der Waals surface area contributed by atoms with Crippen LogP contribution in [0.15, 0.2) is 42.7 Å². The van der Waals surface area contributed by atoms with E-state index >= 15 is 0 Å². The van der Waals surface area contributed by atoms with Crippen molar-refractivity contribution in [2.24, 2.45) is 7.05 Å². The van der Waals surface area contributed by atoms with Crippen LogP contribution < -0.4 is 0 Å². The maximum Gasteiger partial charge on any atom is 0.270 e. The number of nitrogens with zero attached hydrogens (tertiary/aromatic N) is 2. The number of halogens is 1. The van der Waals surface area contributed by atoms with Crippen LogP contribution in [0.5, 0.6) is 0 Å². The number of amides is 1. The van der Waals surface area contributed by atoms with Gasteiger partial charge in [0.05, 0.1) is 5.02 Å². The Bertz CT molecular complexity index is 863. The van der Waals surface area contributed by atoms with Gasteiger partial charge in [-0.05, 0) is 38.0 Å². The van der Waals surface area contributed by atoms with Crippen LogP contribution in [-0.2, 0) is 13.5 Å². The van der Waals surface area contributed by atoms with Crippen LogP contribution in [0.1, 0.15) is 29.9 Å². The Balaban J connectivity index is 1.79. The van der Waals surface area contributed by atoms with E-state index < -0.39 is 0 Å². The molecule has 5 heteroatoms. The molecule has 126 valence electrons. The minimum atomic E-state index is 0.0132. The minimum Gasteiger partial charge on any atom is -0.361 e. The van der Waals surface area contributed by atoms with Crippen molar-refractivity contribution in [2.45, 2.75) is 26.3 Å². The molecular weight excluding hydrogens is 322 g/mol. The van der Waals surface area contributed by atoms with E-state index in [1.165, 1.54) is 10.9 Å². The number of carbonyl (C=O) groups is 1. The molecule has 2 aromatic heterocycles. The molecule has 0 bridgehead atoms. The number of fused-ring (bicyclic) bond motifs is 1. The highest BCUT2D eigenvalue weighted by atomic mass is 35.5. The summed E-state index contributed by atoms with van der Waals surface area (Å²) in [5, 5.41) is 1.80. The maximum atomic E-state index is 12.9. The average Bonchev–Trinajstić information content (AvgIpc) is 3.10. The van der Waals surface area contributed by atoms with Gasteiger partial charge in [0.1, 0.15) is 5.69 Å². The van der Waals surface area contributed by atoms with Crippen molar-refractivity contribution >= 4 is 28.4 Å². The Morgan fingerprint density at radius 1 is 1.33 bits per heavy atom. The predicted octanol–water partition coefficient (Wildman–Crippen LogP) is 4.25. The molecule has 0 aliphatic carbocycles. The number of H-pyrrole nitrogens is 1. The molecule has 1 N–H and O–H groups in total. The third-order valence-electron chi connectivity index (χ3n) is 4.37. The van der Waals surface area contributed by atoms with Crippen LogP contribution in [0, 0.1) is 0 Å². The molecule has 24 heavy (non-hydrogen) atoms. The molecule has 2 heterocycles. The van der Waals surface area contributed by atoms with Gasteiger partial charge in [-0.3, -0.25) is 4.79 Å². The van der Waals surface area contributed by atoms with Crippen LogP contribution in [-0.4, -0.2) is 32.9 Å². The monoisotopic (exact) mass is 343 g/mol. The third-order valence-corrected chi connectivity index (χ3v) is 4.58. The topological polar surface area (TPSA) is 41.0 Å². The molecule has 0 aliphatic heterocycles. The number of nitrogens with one attached hydrogen (secondary N) is 1. The largest absolute Gasteiger partial charge is 0.361 e. The summed E-state index contributed by atoms with van der Waals surface area (Å²) in [6.45, 7) is 4.75. The van der Waals surface area contributed by atoms with Crippen molar-refractivity contribution in [1.82, 2.24) is 14.5 Å². The Morgan fingerprint density at radius 2 is 2.08 bits per heavy atom. The molecule has 3 rings (SSSR count). The summed E-state index contributed by atoms with van der Waals surface area (Å²) >= 11 is 6.02. The van der Waals surface area contributed by atoms with Crippen molar-refractivity contribution in [2.75, 3.05) is 6.54 Å². The number of aromatic nitrogens is 2. The first-order valence-electron chi connectivity index (χ1n) is 8.15. The van der Waals surface area contributed by atoms with E-state index in [9.17, 15) is 4.79 Å². The molecule has 0 radical (unpaired) electrons. The van der Waals surface area contributed by atoms with E-state index in [4.69, 9.17) is 11.6 Å². The predicted molar refractivity (Wildman–Crippen MR) is 98.6 cm³/mol. The lowest BCUT2D eigenvalue weighted by Gasteiger charge is -2.27. The van der Waals surface area contributed by atoms with Gasteiger partial charge < -0.3 is 14.5 Å². The summed E-state index contributed by atoms with van der Waals surface area (Å²) in [5.41, 5.74) is 2.98. The highest BCUT2D eigenvalue weighted by Crippen LogP contribution is 2.20. The van der Waals surface area contributed by atoms with Crippen molar-refractivity contribution in [3.8, 4) is 0 Å². The minimum absolute atomic E-state index is 0.0132. The van der Waals surface area contributed by atoms with Gasteiger partial charge >= 0.3 is 0 Å². The van der Waals surface area contributed by atoms with Crippen LogP contribution in [0.2, 0.25) is 5.02 Å². The van der Waals surface area contributed by atoms with Crippen LogP contribution in [0.25, 0.3) is 10.9 Å². The summed E-state index contributed by atoms with van der Waals surface area (Å²) in [5.74, 6) is 0.0132. The quantitative estimate of drug-likeness (QED) is 0.739. The lowest BCUT2D eigenvalue weighted by atomic mass is 10.1. The Hall–Kier alpha value is -2.20. The number of aromatic amines is 1. The number of hydrogen-bond donors (Lipinski definition) is 1. The number of benzene rings is 1. The summed E-state index contributed by atoms with van der Waals surface area (Å²) in [7, 11) is 1.84. The number of para-hydroxylation sites is 1. The zero-order chi connectivity index (χ0) is 17.3. The average molecular weight is 344 g/mol. The van der Waals surface area contributed by atoms with Gasteiger partial charge in [0.2, 0.25) is 0 Å². The molecule has 0 spiro atoms. The standard InChI is InChI=1S/C19H22ClN3O/c1-13(2)23(19(24)18-10-15(20)12-22(18)3)9-8-14-11-21-17-7-5-4-6-16(14)17/h4-7,10-13,21H,8-9H2,1-3H3. The lowest BCUT2D eigenvalue weighted by molar-refractivity contribution is 0.0698. The smallest absolute Gasteiger partial charge is 0.270 e. The first kappa shape index (κ1) is 16.7. The Kier molecular flexibility index (Phi) is 4.67. The molecule has 0 atom stereocenters. The van der Waals surface area contributed by atoms with Gasteiger partial charge in [0, 0.05) is 42.9 Å². The van der Waals surface area contributed by atoms with E-state index in [0.29, 0.717) is 17.3 Å². The number of carbonyl (C=O) groups excluding carboxylic acids is 1. The zero-order valence-corrected chi connectivity index (χ0v) is 15.0. The molecule has 0 saturated carbocycles. The zero-order valence-electron chi connectivity index (χ0n) is 14.2. The summed E-state index contributed by atoms with van der Waals surface area (Å²) in [4.78, 5) is 18.1. The van der Waals surface area contributed by atoms with Gasteiger partial charge in [-0.1, -0.05) is 29.8 Å². The molecule has 1 amide bonds. The van der Waals surface area contributed by atoms with E-state index in [2.05, 4.69) is 17.1 Å². The van der Waals surface area contributed by atoms with E-state index in [-0.39, 0.29) is 11.9 Å². The van der Waals surface area contributed by atoms with Gasteiger partial charge in [0.25, 0.3) is 5.91 Å². The fourth-order valence-electron chi connectivity index (χ4n) is 3.06. The van der Waals surface area contributed by atoms with Gasteiger partial charge in [-0.15, -0.1) is 0 Å². The molecule has 1 aromatic carbocycles. The van der Waals surface area contributed by atoms with Crippen LogP contribution >= 0.6 is 11.6 Å². The fourth-order valence-corrected chi connectivity index (χ4v) is 3.31.